The van der Waals surface area contributed by atoms with Crippen LogP contribution in [0.4, 0.5) is 5.69 Å². The first kappa shape index (κ1) is 13.5. The number of anilines is 1. The topological polar surface area (TPSA) is 65.7 Å². The van der Waals surface area contributed by atoms with Gasteiger partial charge >= 0.3 is 0 Å². The van der Waals surface area contributed by atoms with Gasteiger partial charge in [-0.05, 0) is 18.4 Å². The van der Waals surface area contributed by atoms with E-state index in [-0.39, 0.29) is 17.7 Å². The molecular formula is C16H18N2O3. The summed E-state index contributed by atoms with van der Waals surface area (Å²) in [6, 6.07) is 9.60. The maximum atomic E-state index is 11.7. The first-order valence-corrected chi connectivity index (χ1v) is 7.05. The van der Waals surface area contributed by atoms with Gasteiger partial charge < -0.3 is 15.1 Å². The van der Waals surface area contributed by atoms with Crippen molar-refractivity contribution in [2.24, 2.45) is 0 Å². The van der Waals surface area contributed by atoms with Gasteiger partial charge in [-0.3, -0.25) is 9.36 Å². The van der Waals surface area contributed by atoms with Crippen LogP contribution in [0.5, 0.6) is 11.8 Å². The summed E-state index contributed by atoms with van der Waals surface area (Å²) in [4.78, 5) is 13.3. The number of amides is 1. The zero-order valence-electron chi connectivity index (χ0n) is 11.9. The van der Waals surface area contributed by atoms with Crippen LogP contribution in [0, 0.1) is 0 Å². The molecule has 0 aliphatic carbocycles. The maximum Gasteiger partial charge on any atom is 0.224 e. The molecular weight excluding hydrogens is 268 g/mol. The van der Waals surface area contributed by atoms with Crippen molar-refractivity contribution in [3.8, 4) is 11.8 Å². The average Bonchev–Trinajstić information content (AvgIpc) is 2.73. The molecule has 2 N–H and O–H groups in total. The van der Waals surface area contributed by atoms with Crippen LogP contribution in [0.2, 0.25) is 0 Å². The molecule has 110 valence electrons. The molecule has 5 nitrogen and oxygen atoms in total. The Balaban J connectivity index is 2.05. The van der Waals surface area contributed by atoms with E-state index in [0.29, 0.717) is 30.8 Å². The lowest BCUT2D eigenvalue weighted by molar-refractivity contribution is -0.116. The normalized spacial score (nSPS) is 14.0. The van der Waals surface area contributed by atoms with Gasteiger partial charge in [-0.15, -0.1) is 0 Å². The Morgan fingerprint density at radius 3 is 2.57 bits per heavy atom. The largest absolute Gasteiger partial charge is 0.494 e. The van der Waals surface area contributed by atoms with Crippen LogP contribution >= 0.6 is 0 Å². The van der Waals surface area contributed by atoms with Crippen molar-refractivity contribution < 1.29 is 15.0 Å². The molecule has 1 amide bonds. The number of nitrogens with zero attached hydrogens (tertiary/aromatic N) is 2. The first-order valence-electron chi connectivity index (χ1n) is 7.05. The molecule has 0 atom stereocenters. The molecule has 1 aromatic carbocycles. The van der Waals surface area contributed by atoms with Gasteiger partial charge in [0.1, 0.15) is 5.69 Å². The van der Waals surface area contributed by atoms with E-state index in [2.05, 4.69) is 0 Å². The summed E-state index contributed by atoms with van der Waals surface area (Å²) in [6.45, 7) is 2.42. The predicted molar refractivity (Wildman–Crippen MR) is 79.7 cm³/mol. The smallest absolute Gasteiger partial charge is 0.224 e. The summed E-state index contributed by atoms with van der Waals surface area (Å²) in [5.41, 5.74) is 2.09. The van der Waals surface area contributed by atoms with E-state index in [4.69, 9.17) is 0 Å². The number of hydrogen-bond acceptors (Lipinski definition) is 3. The molecule has 0 fully saturated rings. The van der Waals surface area contributed by atoms with Crippen LogP contribution < -0.4 is 4.90 Å². The quantitative estimate of drug-likeness (QED) is 0.890. The third kappa shape index (κ3) is 2.24. The minimum atomic E-state index is -0.122. The zero-order chi connectivity index (χ0) is 15.0. The third-order valence-corrected chi connectivity index (χ3v) is 3.92. The van der Waals surface area contributed by atoms with Gasteiger partial charge in [0, 0.05) is 19.0 Å². The SMILES string of the molecule is CC(=O)N1CCCc2c1c(O)n(Cc1ccccc1)c2O. The van der Waals surface area contributed by atoms with Gasteiger partial charge in [0.2, 0.25) is 11.8 Å². The highest BCUT2D eigenvalue weighted by Crippen LogP contribution is 2.44. The molecule has 5 heteroatoms. The highest BCUT2D eigenvalue weighted by Gasteiger charge is 2.31. The third-order valence-electron chi connectivity index (χ3n) is 3.92. The molecule has 2 aromatic rings. The second kappa shape index (κ2) is 5.16. The number of hydrogen-bond donors (Lipinski definition) is 2. The molecule has 0 unspecified atom stereocenters. The van der Waals surface area contributed by atoms with Gasteiger partial charge in [-0.25, -0.2) is 0 Å². The van der Waals surface area contributed by atoms with Crippen molar-refractivity contribution in [1.82, 2.24) is 4.57 Å². The average molecular weight is 286 g/mol. The van der Waals surface area contributed by atoms with Gasteiger partial charge in [0.25, 0.3) is 0 Å². The second-order valence-electron chi connectivity index (χ2n) is 5.32. The van der Waals surface area contributed by atoms with Gasteiger partial charge in [0.15, 0.2) is 5.88 Å². The first-order chi connectivity index (χ1) is 10.1. The van der Waals surface area contributed by atoms with Crippen molar-refractivity contribution in [3.63, 3.8) is 0 Å². The summed E-state index contributed by atoms with van der Waals surface area (Å²) in [5, 5.41) is 20.8. The van der Waals surface area contributed by atoms with Crippen molar-refractivity contribution in [2.45, 2.75) is 26.3 Å². The Bertz CT molecular complexity index is 677. The highest BCUT2D eigenvalue weighted by molar-refractivity contribution is 5.95. The van der Waals surface area contributed by atoms with E-state index in [1.807, 2.05) is 30.3 Å². The second-order valence-corrected chi connectivity index (χ2v) is 5.32. The van der Waals surface area contributed by atoms with E-state index in [0.717, 1.165) is 12.0 Å². The number of aromatic hydroxyl groups is 2. The number of carbonyl (C=O) groups is 1. The molecule has 3 rings (SSSR count). The number of rotatable bonds is 2. The Morgan fingerprint density at radius 2 is 1.90 bits per heavy atom. The van der Waals surface area contributed by atoms with E-state index in [9.17, 15) is 15.0 Å². The number of carbonyl (C=O) groups excluding carboxylic acids is 1. The van der Waals surface area contributed by atoms with Gasteiger partial charge in [-0.2, -0.15) is 0 Å². The minimum absolute atomic E-state index is 0.0405. The molecule has 1 aliphatic heterocycles. The Labute approximate surface area is 123 Å². The predicted octanol–water partition coefficient (Wildman–Crippen LogP) is 2.25. The van der Waals surface area contributed by atoms with Crippen LogP contribution in [0.15, 0.2) is 30.3 Å². The molecule has 1 aromatic heterocycles. The standard InChI is InChI=1S/C16H18N2O3/c1-11(19)17-9-5-8-13-14(17)16(21)18(15(13)20)10-12-6-3-2-4-7-12/h2-4,6-7,20-21H,5,8-10H2,1H3. The van der Waals surface area contributed by atoms with Crippen LogP contribution in [0.1, 0.15) is 24.5 Å². The lowest BCUT2D eigenvalue weighted by Gasteiger charge is -2.25. The number of aromatic nitrogens is 1. The number of fused-ring (bicyclic) bond motifs is 1. The van der Waals surface area contributed by atoms with Crippen molar-refractivity contribution in [1.29, 1.82) is 0 Å². The van der Waals surface area contributed by atoms with E-state index < -0.39 is 0 Å². The zero-order valence-corrected chi connectivity index (χ0v) is 11.9. The van der Waals surface area contributed by atoms with Crippen molar-refractivity contribution in [3.05, 3.63) is 41.5 Å². The van der Waals surface area contributed by atoms with Gasteiger partial charge in [0.05, 0.1) is 6.54 Å². The van der Waals surface area contributed by atoms with Crippen molar-refractivity contribution >= 4 is 11.6 Å². The summed E-state index contributed by atoms with van der Waals surface area (Å²) in [6.07, 6.45) is 1.45. The molecule has 2 heterocycles. The number of benzene rings is 1. The fourth-order valence-corrected chi connectivity index (χ4v) is 2.90. The molecule has 1 aliphatic rings. The van der Waals surface area contributed by atoms with E-state index in [1.165, 1.54) is 16.4 Å². The van der Waals surface area contributed by atoms with Crippen molar-refractivity contribution in [2.75, 3.05) is 11.4 Å². The highest BCUT2D eigenvalue weighted by atomic mass is 16.3. The molecule has 21 heavy (non-hydrogen) atoms. The van der Waals surface area contributed by atoms with Crippen LogP contribution in [-0.4, -0.2) is 27.2 Å². The Hall–Kier alpha value is -2.43. The maximum absolute atomic E-state index is 11.7. The van der Waals surface area contributed by atoms with E-state index in [1.54, 1.807) is 0 Å². The lowest BCUT2D eigenvalue weighted by Crippen LogP contribution is -2.32. The molecule has 0 radical (unpaired) electrons. The minimum Gasteiger partial charge on any atom is -0.494 e. The van der Waals surface area contributed by atoms with Crippen LogP contribution in [0.25, 0.3) is 0 Å². The summed E-state index contributed by atoms with van der Waals surface area (Å²) in [7, 11) is 0. The molecule has 0 saturated carbocycles. The fraction of sp³-hybridized carbons (Fsp3) is 0.312. The summed E-state index contributed by atoms with van der Waals surface area (Å²) < 4.78 is 1.46. The Morgan fingerprint density at radius 1 is 1.19 bits per heavy atom. The monoisotopic (exact) mass is 286 g/mol. The molecule has 0 saturated heterocycles. The fourth-order valence-electron chi connectivity index (χ4n) is 2.90. The van der Waals surface area contributed by atoms with Crippen LogP contribution in [-0.2, 0) is 17.8 Å². The van der Waals surface area contributed by atoms with E-state index >= 15 is 0 Å². The molecule has 0 spiro atoms. The summed E-state index contributed by atoms with van der Waals surface area (Å²) in [5.74, 6) is -0.110. The van der Waals surface area contributed by atoms with Gasteiger partial charge in [-0.1, -0.05) is 30.3 Å². The summed E-state index contributed by atoms with van der Waals surface area (Å²) >= 11 is 0. The Kier molecular flexibility index (Phi) is 3.33. The lowest BCUT2D eigenvalue weighted by atomic mass is 10.1. The molecule has 0 bridgehead atoms. The van der Waals surface area contributed by atoms with Crippen LogP contribution in [0.3, 0.4) is 0 Å².